The molecule has 1 radical (unpaired) electrons. The summed E-state index contributed by atoms with van der Waals surface area (Å²) in [4.78, 5) is 0. The van der Waals surface area contributed by atoms with Crippen molar-refractivity contribution in [3.05, 3.63) is 24.3 Å². The Labute approximate surface area is 71.9 Å². The van der Waals surface area contributed by atoms with E-state index in [1.807, 2.05) is 0 Å². The highest BCUT2D eigenvalue weighted by molar-refractivity contribution is 5.31. The highest BCUT2D eigenvalue weighted by Crippen LogP contribution is 2.17. The summed E-state index contributed by atoms with van der Waals surface area (Å²) in [6.45, 7) is 0.226. The molecule has 0 N–H and O–H groups in total. The first kappa shape index (κ1) is 8.87. The third kappa shape index (κ3) is 2.43. The van der Waals surface area contributed by atoms with Crippen LogP contribution in [0.25, 0.3) is 0 Å². The van der Waals surface area contributed by atoms with Crippen LogP contribution < -0.4 is 9.47 Å². The maximum Gasteiger partial charge on any atom is 0.188 e. The molecular weight excluding hydrogens is 156 g/mol. The van der Waals surface area contributed by atoms with Gasteiger partial charge in [0.2, 0.25) is 0 Å². The maximum absolute atomic E-state index is 5.14. The van der Waals surface area contributed by atoms with Gasteiger partial charge in [0.1, 0.15) is 11.5 Å². The molecule has 1 rings (SSSR count). The summed E-state index contributed by atoms with van der Waals surface area (Å²) in [5.74, 6) is 1.37. The van der Waals surface area contributed by atoms with Gasteiger partial charge in [0.05, 0.1) is 7.11 Å². The van der Waals surface area contributed by atoms with E-state index in [4.69, 9.17) is 14.2 Å². The first-order valence-electron chi connectivity index (χ1n) is 3.54. The minimum absolute atomic E-state index is 0.226. The van der Waals surface area contributed by atoms with Gasteiger partial charge in [0.15, 0.2) is 6.79 Å². The number of methoxy groups -OCH3 is 2. The fourth-order valence-corrected chi connectivity index (χ4v) is 0.758. The lowest BCUT2D eigenvalue weighted by Crippen LogP contribution is -1.98. The minimum atomic E-state index is 0.226. The summed E-state index contributed by atoms with van der Waals surface area (Å²) in [6, 6.07) is 8.19. The topological polar surface area (TPSA) is 27.7 Å². The van der Waals surface area contributed by atoms with E-state index in [-0.39, 0.29) is 6.79 Å². The van der Waals surface area contributed by atoms with Crippen LogP contribution in [0, 0.1) is 6.07 Å². The van der Waals surface area contributed by atoms with Crippen molar-refractivity contribution in [2.45, 2.75) is 0 Å². The Morgan fingerprint density at radius 3 is 2.92 bits per heavy atom. The SMILES string of the molecule is COCOc1[c]ccc(OC)c1. The lowest BCUT2D eigenvalue weighted by atomic mass is 10.3. The van der Waals surface area contributed by atoms with Gasteiger partial charge in [-0.25, -0.2) is 0 Å². The Hall–Kier alpha value is -1.22. The molecule has 0 aliphatic heterocycles. The van der Waals surface area contributed by atoms with E-state index < -0.39 is 0 Å². The average molecular weight is 167 g/mol. The van der Waals surface area contributed by atoms with Gasteiger partial charge in [-0.3, -0.25) is 0 Å². The predicted molar refractivity (Wildman–Crippen MR) is 44.3 cm³/mol. The highest BCUT2D eigenvalue weighted by atomic mass is 16.7. The predicted octanol–water partition coefficient (Wildman–Crippen LogP) is 1.48. The maximum atomic E-state index is 5.14. The molecule has 3 nitrogen and oxygen atoms in total. The van der Waals surface area contributed by atoms with E-state index in [0.29, 0.717) is 5.75 Å². The third-order valence-corrected chi connectivity index (χ3v) is 1.31. The van der Waals surface area contributed by atoms with Crippen LogP contribution in [0.4, 0.5) is 0 Å². The molecule has 0 spiro atoms. The molecule has 0 fully saturated rings. The molecule has 1 aromatic rings. The van der Waals surface area contributed by atoms with E-state index in [1.54, 1.807) is 32.4 Å². The van der Waals surface area contributed by atoms with Gasteiger partial charge in [-0.2, -0.15) is 0 Å². The Kier molecular flexibility index (Phi) is 3.41. The second-order valence-electron chi connectivity index (χ2n) is 2.14. The molecule has 65 valence electrons. The lowest BCUT2D eigenvalue weighted by molar-refractivity contribution is 0.0508. The smallest absolute Gasteiger partial charge is 0.188 e. The van der Waals surface area contributed by atoms with Gasteiger partial charge < -0.3 is 14.2 Å². The number of hydrogen-bond donors (Lipinski definition) is 0. The van der Waals surface area contributed by atoms with Crippen LogP contribution in [-0.4, -0.2) is 21.0 Å². The quantitative estimate of drug-likeness (QED) is 0.636. The zero-order valence-corrected chi connectivity index (χ0v) is 7.16. The molecular formula is C9H11O3. The van der Waals surface area contributed by atoms with Crippen LogP contribution in [0.5, 0.6) is 11.5 Å². The molecule has 0 bridgehead atoms. The first-order valence-corrected chi connectivity index (χ1v) is 3.54. The average Bonchev–Trinajstić information content (AvgIpc) is 2.15. The van der Waals surface area contributed by atoms with Gasteiger partial charge in [0, 0.05) is 19.2 Å². The Morgan fingerprint density at radius 1 is 1.42 bits per heavy atom. The molecule has 0 saturated heterocycles. The van der Waals surface area contributed by atoms with E-state index in [9.17, 15) is 0 Å². The number of ether oxygens (including phenoxy) is 3. The molecule has 3 heteroatoms. The van der Waals surface area contributed by atoms with Crippen molar-refractivity contribution in [2.75, 3.05) is 21.0 Å². The lowest BCUT2D eigenvalue weighted by Gasteiger charge is -2.05. The van der Waals surface area contributed by atoms with Crippen molar-refractivity contribution in [1.82, 2.24) is 0 Å². The summed E-state index contributed by atoms with van der Waals surface area (Å²) >= 11 is 0. The Balaban J connectivity index is 2.60. The van der Waals surface area contributed by atoms with E-state index in [2.05, 4.69) is 6.07 Å². The van der Waals surface area contributed by atoms with Crippen molar-refractivity contribution in [1.29, 1.82) is 0 Å². The molecule has 0 aromatic heterocycles. The molecule has 0 atom stereocenters. The Bertz CT molecular complexity index is 235. The fourth-order valence-electron chi connectivity index (χ4n) is 0.758. The minimum Gasteiger partial charge on any atom is -0.497 e. The van der Waals surface area contributed by atoms with Gasteiger partial charge in [0.25, 0.3) is 0 Å². The molecule has 0 amide bonds. The monoisotopic (exact) mass is 167 g/mol. The third-order valence-electron chi connectivity index (χ3n) is 1.31. The van der Waals surface area contributed by atoms with Gasteiger partial charge in [-0.15, -0.1) is 0 Å². The summed E-state index contributed by atoms with van der Waals surface area (Å²) in [5.41, 5.74) is 0. The van der Waals surface area contributed by atoms with E-state index >= 15 is 0 Å². The van der Waals surface area contributed by atoms with Gasteiger partial charge in [-0.1, -0.05) is 0 Å². The molecule has 0 aliphatic rings. The second kappa shape index (κ2) is 4.62. The summed E-state index contributed by atoms with van der Waals surface area (Å²) in [5, 5.41) is 0. The van der Waals surface area contributed by atoms with E-state index in [0.717, 1.165) is 5.75 Å². The zero-order valence-electron chi connectivity index (χ0n) is 7.16. The van der Waals surface area contributed by atoms with Crippen molar-refractivity contribution in [3.63, 3.8) is 0 Å². The number of hydrogen-bond acceptors (Lipinski definition) is 3. The van der Waals surface area contributed by atoms with Crippen molar-refractivity contribution >= 4 is 0 Å². The standard InChI is InChI=1S/C9H11O3/c1-10-7-12-9-5-3-4-8(6-9)11-2/h3-4,6H,7H2,1-2H3. The normalized spacial score (nSPS) is 9.50. The van der Waals surface area contributed by atoms with Gasteiger partial charge in [-0.05, 0) is 12.1 Å². The largest absolute Gasteiger partial charge is 0.497 e. The molecule has 0 unspecified atom stereocenters. The highest BCUT2D eigenvalue weighted by Gasteiger charge is 1.95. The molecule has 0 saturated carbocycles. The van der Waals surface area contributed by atoms with Crippen LogP contribution in [0.1, 0.15) is 0 Å². The van der Waals surface area contributed by atoms with Crippen LogP contribution >= 0.6 is 0 Å². The fraction of sp³-hybridized carbons (Fsp3) is 0.333. The van der Waals surface area contributed by atoms with Crippen LogP contribution in [0.15, 0.2) is 18.2 Å². The van der Waals surface area contributed by atoms with Crippen molar-refractivity contribution < 1.29 is 14.2 Å². The summed E-state index contributed by atoms with van der Waals surface area (Å²) in [6.07, 6.45) is 0. The van der Waals surface area contributed by atoms with Crippen LogP contribution in [0.2, 0.25) is 0 Å². The zero-order chi connectivity index (χ0) is 8.81. The molecule has 12 heavy (non-hydrogen) atoms. The van der Waals surface area contributed by atoms with Crippen molar-refractivity contribution in [2.24, 2.45) is 0 Å². The number of rotatable bonds is 4. The van der Waals surface area contributed by atoms with Crippen LogP contribution in [0.3, 0.4) is 0 Å². The summed E-state index contributed by atoms with van der Waals surface area (Å²) < 4.78 is 14.9. The first-order chi connectivity index (χ1) is 5.86. The summed E-state index contributed by atoms with van der Waals surface area (Å²) in [7, 11) is 3.18. The van der Waals surface area contributed by atoms with E-state index in [1.165, 1.54) is 0 Å². The number of benzene rings is 1. The Morgan fingerprint density at radius 2 is 2.25 bits per heavy atom. The second-order valence-corrected chi connectivity index (χ2v) is 2.14. The molecule has 1 aromatic carbocycles. The molecule has 0 heterocycles. The molecule has 0 aliphatic carbocycles. The van der Waals surface area contributed by atoms with Crippen LogP contribution in [-0.2, 0) is 4.74 Å². The van der Waals surface area contributed by atoms with Crippen molar-refractivity contribution in [3.8, 4) is 11.5 Å². The van der Waals surface area contributed by atoms with Gasteiger partial charge >= 0.3 is 0 Å².